The average molecular weight is 224 g/mol. The smallest absolute Gasteiger partial charge is 0.210 e. The Morgan fingerprint density at radius 2 is 1.81 bits per heavy atom. The molecule has 0 spiro atoms. The van der Waals surface area contributed by atoms with E-state index >= 15 is 0 Å². The van der Waals surface area contributed by atoms with Crippen LogP contribution in [-0.2, 0) is 5.41 Å². The molecular formula is C14H18F2. The summed E-state index contributed by atoms with van der Waals surface area (Å²) in [6.45, 7) is 1.96. The lowest BCUT2D eigenvalue weighted by atomic mass is 9.69. The number of hydrogen-bond donors (Lipinski definition) is 0. The first-order valence-electron chi connectivity index (χ1n) is 6.00. The monoisotopic (exact) mass is 224 g/mol. The van der Waals surface area contributed by atoms with E-state index in [4.69, 9.17) is 0 Å². The second-order valence-corrected chi connectivity index (χ2v) is 4.89. The number of hydrogen-bond acceptors (Lipinski definition) is 0. The molecule has 2 rings (SSSR count). The molecule has 1 aromatic rings. The number of halogens is 2. The number of rotatable bonds is 2. The van der Waals surface area contributed by atoms with Crippen molar-refractivity contribution in [2.24, 2.45) is 0 Å². The number of benzene rings is 1. The normalized spacial score (nSPS) is 20.0. The average Bonchev–Trinajstić information content (AvgIpc) is 2.30. The maximum absolute atomic E-state index is 13.4. The van der Waals surface area contributed by atoms with Crippen molar-refractivity contribution >= 4 is 0 Å². The second kappa shape index (κ2) is 4.52. The van der Waals surface area contributed by atoms with Crippen LogP contribution in [0.1, 0.15) is 43.2 Å². The van der Waals surface area contributed by atoms with Gasteiger partial charge < -0.3 is 0 Å². The molecule has 0 radical (unpaired) electrons. The van der Waals surface area contributed by atoms with Crippen molar-refractivity contribution in [1.29, 1.82) is 0 Å². The van der Waals surface area contributed by atoms with Crippen molar-refractivity contribution < 1.29 is 8.78 Å². The molecule has 2 heteroatoms. The Hall–Kier alpha value is -0.920. The molecule has 0 saturated heterocycles. The van der Waals surface area contributed by atoms with Crippen LogP contribution in [0.15, 0.2) is 24.3 Å². The molecule has 0 bridgehead atoms. The third-order valence-corrected chi connectivity index (χ3v) is 3.76. The van der Waals surface area contributed by atoms with Crippen LogP contribution >= 0.6 is 0 Å². The van der Waals surface area contributed by atoms with Crippen molar-refractivity contribution in [2.45, 2.75) is 50.9 Å². The minimum absolute atomic E-state index is 0.633. The highest BCUT2D eigenvalue weighted by atomic mass is 19.3. The summed E-state index contributed by atoms with van der Waals surface area (Å²) in [4.78, 5) is 0. The highest BCUT2D eigenvalue weighted by Gasteiger charge is 2.42. The molecule has 16 heavy (non-hydrogen) atoms. The molecule has 0 unspecified atom stereocenters. The summed E-state index contributed by atoms with van der Waals surface area (Å²) in [6, 6.07) is 7.65. The lowest BCUT2D eigenvalue weighted by Gasteiger charge is -2.37. The van der Waals surface area contributed by atoms with E-state index in [-0.39, 0.29) is 0 Å². The van der Waals surface area contributed by atoms with E-state index in [1.807, 2.05) is 31.2 Å². The van der Waals surface area contributed by atoms with Crippen LogP contribution in [0.4, 0.5) is 8.78 Å². The summed E-state index contributed by atoms with van der Waals surface area (Å²) in [5, 5.41) is 0. The van der Waals surface area contributed by atoms with Crippen LogP contribution in [0.5, 0.6) is 0 Å². The molecule has 0 aromatic heterocycles. The molecule has 0 nitrogen and oxygen atoms in total. The van der Waals surface area contributed by atoms with Gasteiger partial charge in [-0.15, -0.1) is 0 Å². The van der Waals surface area contributed by atoms with Crippen molar-refractivity contribution in [1.82, 2.24) is 0 Å². The lowest BCUT2D eigenvalue weighted by Crippen LogP contribution is -2.36. The quantitative estimate of drug-likeness (QED) is 0.695. The summed E-state index contributed by atoms with van der Waals surface area (Å²) in [5.41, 5.74) is 1.04. The highest BCUT2D eigenvalue weighted by Crippen LogP contribution is 2.44. The number of alkyl halides is 2. The molecule has 1 aromatic carbocycles. The number of aryl methyl sites for hydroxylation is 1. The molecule has 0 N–H and O–H groups in total. The summed E-state index contributed by atoms with van der Waals surface area (Å²) in [7, 11) is 0. The van der Waals surface area contributed by atoms with Gasteiger partial charge in [0.1, 0.15) is 0 Å². The van der Waals surface area contributed by atoms with E-state index in [9.17, 15) is 8.78 Å². The van der Waals surface area contributed by atoms with Gasteiger partial charge in [-0.25, -0.2) is 8.78 Å². The fourth-order valence-corrected chi connectivity index (χ4v) is 2.77. The zero-order valence-electron chi connectivity index (χ0n) is 9.68. The third-order valence-electron chi connectivity index (χ3n) is 3.76. The maximum atomic E-state index is 13.4. The standard InChI is InChI=1S/C14H18F2/c1-11-6-5-7-12(10-11)14(13(15)16)8-3-2-4-9-14/h5-7,10,13H,2-4,8-9H2,1H3. The second-order valence-electron chi connectivity index (χ2n) is 4.89. The van der Waals surface area contributed by atoms with E-state index in [0.717, 1.165) is 30.4 Å². The minimum atomic E-state index is -2.24. The van der Waals surface area contributed by atoms with Crippen molar-refractivity contribution in [3.05, 3.63) is 35.4 Å². The SMILES string of the molecule is Cc1cccc(C2(C(F)F)CCCCC2)c1. The molecule has 0 atom stereocenters. The van der Waals surface area contributed by atoms with Gasteiger partial charge in [0.25, 0.3) is 0 Å². The van der Waals surface area contributed by atoms with Crippen LogP contribution in [0.3, 0.4) is 0 Å². The van der Waals surface area contributed by atoms with E-state index in [1.165, 1.54) is 0 Å². The molecule has 1 fully saturated rings. The van der Waals surface area contributed by atoms with Gasteiger partial charge in [-0.3, -0.25) is 0 Å². The summed E-state index contributed by atoms with van der Waals surface area (Å²) < 4.78 is 26.8. The zero-order valence-corrected chi connectivity index (χ0v) is 9.68. The van der Waals surface area contributed by atoms with Gasteiger partial charge in [0.05, 0.1) is 5.41 Å². The predicted octanol–water partition coefficient (Wildman–Crippen LogP) is 4.46. The van der Waals surface area contributed by atoms with Crippen LogP contribution in [-0.4, -0.2) is 6.43 Å². The fourth-order valence-electron chi connectivity index (χ4n) is 2.77. The van der Waals surface area contributed by atoms with Crippen molar-refractivity contribution in [2.75, 3.05) is 0 Å². The first-order chi connectivity index (χ1) is 7.65. The first kappa shape index (κ1) is 11.6. The topological polar surface area (TPSA) is 0 Å². The van der Waals surface area contributed by atoms with Crippen LogP contribution in [0.2, 0.25) is 0 Å². The Morgan fingerprint density at radius 3 is 2.38 bits per heavy atom. The van der Waals surface area contributed by atoms with Gasteiger partial charge in [0.2, 0.25) is 6.43 Å². The van der Waals surface area contributed by atoms with Gasteiger partial charge in [0.15, 0.2) is 0 Å². The largest absolute Gasteiger partial charge is 0.248 e. The maximum Gasteiger partial charge on any atom is 0.248 e. The van der Waals surface area contributed by atoms with Crippen LogP contribution < -0.4 is 0 Å². The molecule has 0 heterocycles. The fraction of sp³-hybridized carbons (Fsp3) is 0.571. The Bertz CT molecular complexity index is 352. The Kier molecular flexibility index (Phi) is 3.27. The van der Waals surface area contributed by atoms with Gasteiger partial charge >= 0.3 is 0 Å². The lowest BCUT2D eigenvalue weighted by molar-refractivity contribution is 0.0254. The highest BCUT2D eigenvalue weighted by molar-refractivity contribution is 5.31. The Labute approximate surface area is 95.7 Å². The summed E-state index contributed by atoms with van der Waals surface area (Å²) in [5.74, 6) is 0. The molecule has 1 saturated carbocycles. The van der Waals surface area contributed by atoms with Gasteiger partial charge in [-0.2, -0.15) is 0 Å². The van der Waals surface area contributed by atoms with E-state index in [0.29, 0.717) is 12.8 Å². The minimum Gasteiger partial charge on any atom is -0.210 e. The van der Waals surface area contributed by atoms with Crippen LogP contribution in [0, 0.1) is 6.92 Å². The molecule has 88 valence electrons. The van der Waals surface area contributed by atoms with Crippen molar-refractivity contribution in [3.8, 4) is 0 Å². The zero-order chi connectivity index (χ0) is 11.6. The Morgan fingerprint density at radius 1 is 1.12 bits per heavy atom. The molecule has 1 aliphatic carbocycles. The Balaban J connectivity index is 2.38. The van der Waals surface area contributed by atoms with E-state index in [1.54, 1.807) is 0 Å². The van der Waals surface area contributed by atoms with Crippen molar-refractivity contribution in [3.63, 3.8) is 0 Å². The van der Waals surface area contributed by atoms with E-state index in [2.05, 4.69) is 0 Å². The van der Waals surface area contributed by atoms with Gasteiger partial charge in [0, 0.05) is 0 Å². The first-order valence-corrected chi connectivity index (χ1v) is 6.00. The summed E-state index contributed by atoms with van der Waals surface area (Å²) >= 11 is 0. The predicted molar refractivity (Wildman–Crippen MR) is 61.9 cm³/mol. The third kappa shape index (κ3) is 1.98. The van der Waals surface area contributed by atoms with Gasteiger partial charge in [-0.05, 0) is 25.3 Å². The van der Waals surface area contributed by atoms with Crippen LogP contribution in [0.25, 0.3) is 0 Å². The van der Waals surface area contributed by atoms with E-state index < -0.39 is 11.8 Å². The molecule has 0 aliphatic heterocycles. The molecular weight excluding hydrogens is 206 g/mol. The molecule has 1 aliphatic rings. The van der Waals surface area contributed by atoms with Gasteiger partial charge in [-0.1, -0.05) is 49.1 Å². The molecule has 0 amide bonds. The summed E-state index contributed by atoms with van der Waals surface area (Å²) in [6.07, 6.45) is 1.98.